The van der Waals surface area contributed by atoms with Crippen molar-refractivity contribution in [2.24, 2.45) is 0 Å². The Morgan fingerprint density at radius 1 is 1.09 bits per heavy atom. The van der Waals surface area contributed by atoms with Crippen LogP contribution in [-0.2, 0) is 21.4 Å². The number of rotatable bonds is 10. The molecule has 0 bridgehead atoms. The molecule has 0 aliphatic carbocycles. The molecule has 13 heteroatoms. The van der Waals surface area contributed by atoms with E-state index in [1.165, 1.54) is 42.4 Å². The molecule has 0 atom stereocenters. The van der Waals surface area contributed by atoms with Gasteiger partial charge in [-0.1, -0.05) is 52.6 Å². The highest BCUT2D eigenvalue weighted by molar-refractivity contribution is 7.99. The molecule has 0 aliphatic rings. The SMILES string of the molecule is O=C(CN(Cc1ccc(Cl)c(Cl)c1)S(=O)(=O)c1ccc(Cl)cc1)NCCSc1ncn[nH]1. The van der Waals surface area contributed by atoms with Crippen LogP contribution < -0.4 is 5.32 Å². The number of carbonyl (C=O) groups is 1. The highest BCUT2D eigenvalue weighted by Gasteiger charge is 2.27. The van der Waals surface area contributed by atoms with E-state index in [0.29, 0.717) is 38.1 Å². The van der Waals surface area contributed by atoms with Gasteiger partial charge < -0.3 is 5.32 Å². The lowest BCUT2D eigenvalue weighted by atomic mass is 10.2. The predicted octanol–water partition coefficient (Wildman–Crippen LogP) is 3.86. The number of thioether (sulfide) groups is 1. The Kier molecular flexibility index (Phi) is 8.80. The second-order valence-electron chi connectivity index (χ2n) is 6.46. The number of hydrogen-bond acceptors (Lipinski definition) is 6. The van der Waals surface area contributed by atoms with Crippen molar-refractivity contribution >= 4 is 62.5 Å². The molecule has 32 heavy (non-hydrogen) atoms. The second kappa shape index (κ2) is 11.4. The number of hydrogen-bond donors (Lipinski definition) is 2. The summed E-state index contributed by atoms with van der Waals surface area (Å²) in [4.78, 5) is 16.5. The molecule has 2 aromatic carbocycles. The van der Waals surface area contributed by atoms with Crippen molar-refractivity contribution in [3.8, 4) is 0 Å². The number of aromatic nitrogens is 3. The van der Waals surface area contributed by atoms with Crippen LogP contribution in [0.5, 0.6) is 0 Å². The first-order valence-corrected chi connectivity index (χ1v) is 12.8. The molecule has 1 amide bonds. The Morgan fingerprint density at radius 2 is 1.84 bits per heavy atom. The predicted molar refractivity (Wildman–Crippen MR) is 126 cm³/mol. The number of H-pyrrole nitrogens is 1. The number of sulfonamides is 1. The van der Waals surface area contributed by atoms with Crippen molar-refractivity contribution < 1.29 is 13.2 Å². The van der Waals surface area contributed by atoms with Gasteiger partial charge in [-0.05, 0) is 42.0 Å². The maximum Gasteiger partial charge on any atom is 0.243 e. The fourth-order valence-electron chi connectivity index (χ4n) is 2.64. The highest BCUT2D eigenvalue weighted by Crippen LogP contribution is 2.25. The molecule has 3 rings (SSSR count). The maximum absolute atomic E-state index is 13.2. The average Bonchev–Trinajstić information content (AvgIpc) is 3.27. The molecule has 0 radical (unpaired) electrons. The van der Waals surface area contributed by atoms with Crippen LogP contribution in [0.3, 0.4) is 0 Å². The van der Waals surface area contributed by atoms with Crippen LogP contribution in [0.1, 0.15) is 5.56 Å². The molecule has 0 unspecified atom stereocenters. The third kappa shape index (κ3) is 6.84. The van der Waals surface area contributed by atoms with Crippen LogP contribution in [0.2, 0.25) is 15.1 Å². The number of halogens is 3. The molecule has 1 aromatic heterocycles. The summed E-state index contributed by atoms with van der Waals surface area (Å²) < 4.78 is 27.6. The van der Waals surface area contributed by atoms with E-state index in [0.717, 1.165) is 4.31 Å². The Bertz CT molecular complexity index is 1160. The van der Waals surface area contributed by atoms with Gasteiger partial charge in [-0.2, -0.15) is 9.40 Å². The molecule has 0 spiro atoms. The summed E-state index contributed by atoms with van der Waals surface area (Å²) in [6, 6.07) is 10.5. The van der Waals surface area contributed by atoms with Crippen molar-refractivity contribution in [3.05, 3.63) is 69.4 Å². The standard InChI is InChI=1S/C19H18Cl3N5O3S2/c20-14-2-4-15(5-3-14)32(29,30)27(10-13-1-6-16(21)17(22)9-13)11-18(28)23-7-8-31-19-24-12-25-26-19/h1-6,9,12H,7-8,10-11H2,(H,23,28)(H,24,25,26). The van der Waals surface area contributed by atoms with Gasteiger partial charge in [0.25, 0.3) is 0 Å². The number of nitrogens with zero attached hydrogens (tertiary/aromatic N) is 3. The Balaban J connectivity index is 1.72. The fraction of sp³-hybridized carbons (Fsp3) is 0.211. The lowest BCUT2D eigenvalue weighted by molar-refractivity contribution is -0.121. The minimum Gasteiger partial charge on any atom is -0.354 e. The van der Waals surface area contributed by atoms with Gasteiger partial charge in [0.05, 0.1) is 21.5 Å². The molecule has 0 saturated carbocycles. The van der Waals surface area contributed by atoms with Crippen molar-refractivity contribution in [1.82, 2.24) is 24.8 Å². The monoisotopic (exact) mass is 533 g/mol. The quantitative estimate of drug-likeness (QED) is 0.302. The molecule has 3 aromatic rings. The summed E-state index contributed by atoms with van der Waals surface area (Å²) in [7, 11) is -3.99. The third-order valence-electron chi connectivity index (χ3n) is 4.17. The molecule has 0 fully saturated rings. The van der Waals surface area contributed by atoms with E-state index < -0.39 is 15.9 Å². The maximum atomic E-state index is 13.2. The van der Waals surface area contributed by atoms with Gasteiger partial charge in [0.15, 0.2) is 5.16 Å². The van der Waals surface area contributed by atoms with Gasteiger partial charge in [0, 0.05) is 23.9 Å². The summed E-state index contributed by atoms with van der Waals surface area (Å²) in [5.74, 6) is 0.0956. The van der Waals surface area contributed by atoms with Gasteiger partial charge in [0.1, 0.15) is 6.33 Å². The minimum absolute atomic E-state index is 0.0237. The first-order chi connectivity index (χ1) is 15.3. The summed E-state index contributed by atoms with van der Waals surface area (Å²) in [5.41, 5.74) is 0.589. The Hall–Kier alpha value is -1.82. The topological polar surface area (TPSA) is 108 Å². The van der Waals surface area contributed by atoms with Crippen molar-refractivity contribution in [3.63, 3.8) is 0 Å². The van der Waals surface area contributed by atoms with E-state index in [2.05, 4.69) is 20.5 Å². The van der Waals surface area contributed by atoms with E-state index in [9.17, 15) is 13.2 Å². The fourth-order valence-corrected chi connectivity index (χ4v) is 5.11. The van der Waals surface area contributed by atoms with Gasteiger partial charge in [0.2, 0.25) is 15.9 Å². The Morgan fingerprint density at radius 3 is 2.50 bits per heavy atom. The van der Waals surface area contributed by atoms with E-state index in [1.807, 2.05) is 0 Å². The zero-order valence-corrected chi connectivity index (χ0v) is 20.4. The third-order valence-corrected chi connectivity index (χ3v) is 7.85. The summed E-state index contributed by atoms with van der Waals surface area (Å²) in [5, 5.41) is 10.8. The van der Waals surface area contributed by atoms with E-state index in [-0.39, 0.29) is 18.0 Å². The van der Waals surface area contributed by atoms with E-state index in [1.54, 1.807) is 18.2 Å². The summed E-state index contributed by atoms with van der Waals surface area (Å²) in [6.45, 7) is -0.119. The molecule has 0 aliphatic heterocycles. The van der Waals surface area contributed by atoms with Crippen LogP contribution in [0.15, 0.2) is 58.8 Å². The first-order valence-electron chi connectivity index (χ1n) is 9.20. The van der Waals surface area contributed by atoms with E-state index in [4.69, 9.17) is 34.8 Å². The van der Waals surface area contributed by atoms with Gasteiger partial charge in [-0.25, -0.2) is 13.4 Å². The first kappa shape index (κ1) is 24.8. The number of nitrogens with one attached hydrogen (secondary N) is 2. The van der Waals surface area contributed by atoms with Crippen LogP contribution in [0.25, 0.3) is 0 Å². The van der Waals surface area contributed by atoms with Crippen LogP contribution in [0.4, 0.5) is 0 Å². The zero-order valence-electron chi connectivity index (χ0n) is 16.5. The number of benzene rings is 2. The molecular formula is C19H18Cl3N5O3S2. The normalized spacial score (nSPS) is 11.6. The second-order valence-corrected chi connectivity index (χ2v) is 10.7. The summed E-state index contributed by atoms with van der Waals surface area (Å²) in [6.07, 6.45) is 1.39. The molecule has 1 heterocycles. The Labute approximate surface area is 204 Å². The zero-order chi connectivity index (χ0) is 23.1. The largest absolute Gasteiger partial charge is 0.354 e. The molecule has 0 saturated heterocycles. The number of aromatic amines is 1. The number of amides is 1. The van der Waals surface area contributed by atoms with Crippen LogP contribution in [0, 0.1) is 0 Å². The molecule has 8 nitrogen and oxygen atoms in total. The van der Waals surface area contributed by atoms with Crippen LogP contribution in [-0.4, -0.2) is 52.7 Å². The summed E-state index contributed by atoms with van der Waals surface area (Å²) >= 11 is 19.3. The minimum atomic E-state index is -3.99. The van der Waals surface area contributed by atoms with Crippen molar-refractivity contribution in [2.75, 3.05) is 18.8 Å². The van der Waals surface area contributed by atoms with Crippen molar-refractivity contribution in [1.29, 1.82) is 0 Å². The van der Waals surface area contributed by atoms with E-state index >= 15 is 0 Å². The van der Waals surface area contributed by atoms with Crippen molar-refractivity contribution in [2.45, 2.75) is 16.6 Å². The lowest BCUT2D eigenvalue weighted by Gasteiger charge is -2.22. The smallest absolute Gasteiger partial charge is 0.243 e. The molecule has 170 valence electrons. The average molecular weight is 535 g/mol. The van der Waals surface area contributed by atoms with Gasteiger partial charge in [-0.3, -0.25) is 9.89 Å². The van der Waals surface area contributed by atoms with Gasteiger partial charge >= 0.3 is 0 Å². The number of carbonyl (C=O) groups excluding carboxylic acids is 1. The molecular weight excluding hydrogens is 517 g/mol. The highest BCUT2D eigenvalue weighted by atomic mass is 35.5. The lowest BCUT2D eigenvalue weighted by Crippen LogP contribution is -2.40. The molecule has 2 N–H and O–H groups in total. The van der Waals surface area contributed by atoms with Crippen LogP contribution >= 0.6 is 46.6 Å². The van der Waals surface area contributed by atoms with Gasteiger partial charge in [-0.15, -0.1) is 0 Å².